The third kappa shape index (κ3) is 4.56. The fourth-order valence-electron chi connectivity index (χ4n) is 1.82. The Balaban J connectivity index is 2.80. The number of nitrogens with one attached hydrogen (secondary N) is 1. The van der Waals surface area contributed by atoms with Crippen LogP contribution in [0.4, 0.5) is 0 Å². The average molecular weight is 304 g/mol. The summed E-state index contributed by atoms with van der Waals surface area (Å²) >= 11 is 1.26. The first-order valence-electron chi connectivity index (χ1n) is 6.51. The van der Waals surface area contributed by atoms with Crippen LogP contribution >= 0.6 is 11.3 Å². The molecule has 1 rings (SSSR count). The van der Waals surface area contributed by atoms with Crippen LogP contribution in [0.25, 0.3) is 0 Å². The second kappa shape index (κ2) is 6.83. The highest BCUT2D eigenvalue weighted by Gasteiger charge is 2.26. The van der Waals surface area contributed by atoms with Gasteiger partial charge in [0.15, 0.2) is 0 Å². The van der Waals surface area contributed by atoms with Crippen molar-refractivity contribution in [2.75, 3.05) is 13.6 Å². The van der Waals surface area contributed by atoms with Gasteiger partial charge >= 0.3 is 0 Å². The van der Waals surface area contributed by atoms with Gasteiger partial charge in [0.1, 0.15) is 4.21 Å². The fraction of sp³-hybridized carbons (Fsp3) is 0.692. The second-order valence-corrected chi connectivity index (χ2v) is 8.61. The molecule has 0 unspecified atom stereocenters. The zero-order valence-corrected chi connectivity index (χ0v) is 13.9. The third-order valence-electron chi connectivity index (χ3n) is 2.97. The van der Waals surface area contributed by atoms with E-state index in [2.05, 4.69) is 33.0 Å². The van der Waals surface area contributed by atoms with Crippen molar-refractivity contribution in [3.05, 3.63) is 17.5 Å². The van der Waals surface area contributed by atoms with Gasteiger partial charge in [0, 0.05) is 25.7 Å². The van der Waals surface area contributed by atoms with Crippen LogP contribution in [0.3, 0.4) is 0 Å². The quantitative estimate of drug-likeness (QED) is 0.841. The van der Waals surface area contributed by atoms with Crippen molar-refractivity contribution >= 4 is 21.4 Å². The molecular weight excluding hydrogens is 280 g/mol. The molecule has 0 aromatic carbocycles. The zero-order valence-electron chi connectivity index (χ0n) is 12.3. The highest BCUT2D eigenvalue weighted by atomic mass is 32.2. The maximum atomic E-state index is 12.3. The molecule has 1 heterocycles. The van der Waals surface area contributed by atoms with Crippen molar-refractivity contribution in [1.82, 2.24) is 9.62 Å². The van der Waals surface area contributed by atoms with E-state index in [1.165, 1.54) is 15.6 Å². The van der Waals surface area contributed by atoms with E-state index in [0.29, 0.717) is 22.7 Å². The first-order valence-corrected chi connectivity index (χ1v) is 8.83. The van der Waals surface area contributed by atoms with Gasteiger partial charge in [-0.25, -0.2) is 8.42 Å². The summed E-state index contributed by atoms with van der Waals surface area (Å²) in [5, 5.41) is 5.21. The lowest BCUT2D eigenvalue weighted by molar-refractivity contribution is 0.313. The molecule has 19 heavy (non-hydrogen) atoms. The van der Waals surface area contributed by atoms with E-state index >= 15 is 0 Å². The van der Waals surface area contributed by atoms with Gasteiger partial charge in [0.2, 0.25) is 0 Å². The van der Waals surface area contributed by atoms with Crippen LogP contribution in [0, 0.1) is 5.92 Å². The van der Waals surface area contributed by atoms with Crippen molar-refractivity contribution < 1.29 is 8.42 Å². The van der Waals surface area contributed by atoms with Crippen LogP contribution in [-0.2, 0) is 10.0 Å². The van der Waals surface area contributed by atoms with Crippen molar-refractivity contribution in [2.45, 2.75) is 44.0 Å². The van der Waals surface area contributed by atoms with Gasteiger partial charge in [0.25, 0.3) is 10.0 Å². The Hall–Kier alpha value is -0.430. The molecule has 0 amide bonds. The average Bonchev–Trinajstić information content (AvgIpc) is 2.80. The molecule has 6 heteroatoms. The predicted octanol–water partition coefficient (Wildman–Crippen LogP) is 2.39. The summed E-state index contributed by atoms with van der Waals surface area (Å²) in [5.74, 6) is 0.378. The fourth-order valence-corrected chi connectivity index (χ4v) is 4.22. The Morgan fingerprint density at radius 1 is 1.32 bits per heavy atom. The molecule has 1 aromatic rings. The van der Waals surface area contributed by atoms with Gasteiger partial charge in [-0.2, -0.15) is 4.31 Å². The summed E-state index contributed by atoms with van der Waals surface area (Å²) < 4.78 is 26.5. The Morgan fingerprint density at radius 2 is 1.95 bits per heavy atom. The van der Waals surface area contributed by atoms with Crippen LogP contribution in [0.2, 0.25) is 0 Å². The van der Waals surface area contributed by atoms with Crippen LogP contribution in [0.1, 0.15) is 27.7 Å². The molecule has 1 N–H and O–H groups in total. The Labute approximate surface area is 120 Å². The van der Waals surface area contributed by atoms with Crippen LogP contribution in [0.5, 0.6) is 0 Å². The number of hydrogen-bond donors (Lipinski definition) is 1. The molecule has 0 aliphatic heterocycles. The molecule has 0 radical (unpaired) electrons. The lowest BCUT2D eigenvalue weighted by Gasteiger charge is -2.28. The lowest BCUT2D eigenvalue weighted by Crippen LogP contribution is -2.47. The van der Waals surface area contributed by atoms with Gasteiger partial charge in [0.05, 0.1) is 0 Å². The molecule has 1 atom stereocenters. The first-order chi connectivity index (χ1) is 8.75. The largest absolute Gasteiger partial charge is 0.310 e. The maximum Gasteiger partial charge on any atom is 0.252 e. The van der Waals surface area contributed by atoms with E-state index < -0.39 is 10.0 Å². The molecule has 0 saturated carbocycles. The van der Waals surface area contributed by atoms with E-state index in [-0.39, 0.29) is 6.04 Å². The maximum absolute atomic E-state index is 12.3. The lowest BCUT2D eigenvalue weighted by atomic mass is 10.0. The molecule has 0 saturated heterocycles. The summed E-state index contributed by atoms with van der Waals surface area (Å²) in [6.07, 6.45) is 0. The molecular formula is C13H24N2O2S2. The number of likely N-dealkylation sites (N-methyl/N-ethyl adjacent to an activating group) is 1. The standard InChI is InChI=1S/C13H24N2O2S2/c1-10(2)12(14-11(3)4)9-15(5)19(16,17)13-7-6-8-18-13/h6-8,10-12,14H,9H2,1-5H3/t12-/m1/s1. The van der Waals surface area contributed by atoms with Crippen molar-refractivity contribution in [3.8, 4) is 0 Å². The molecule has 0 fully saturated rings. The molecule has 0 spiro atoms. The molecule has 110 valence electrons. The van der Waals surface area contributed by atoms with Crippen LogP contribution in [0.15, 0.2) is 21.7 Å². The van der Waals surface area contributed by atoms with Crippen LogP contribution < -0.4 is 5.32 Å². The SMILES string of the molecule is CC(C)N[C@H](CN(C)S(=O)(=O)c1cccs1)C(C)C. The number of hydrogen-bond acceptors (Lipinski definition) is 4. The third-order valence-corrected chi connectivity index (χ3v) is 6.16. The minimum absolute atomic E-state index is 0.153. The molecule has 0 aliphatic carbocycles. The van der Waals surface area contributed by atoms with E-state index in [4.69, 9.17) is 0 Å². The summed E-state index contributed by atoms with van der Waals surface area (Å²) in [5.41, 5.74) is 0. The number of rotatable bonds is 7. The van der Waals surface area contributed by atoms with Gasteiger partial charge in [-0.3, -0.25) is 0 Å². The van der Waals surface area contributed by atoms with Crippen LogP contribution in [-0.4, -0.2) is 38.4 Å². The van der Waals surface area contributed by atoms with E-state index in [1.54, 1.807) is 24.6 Å². The normalized spacial score (nSPS) is 14.5. The van der Waals surface area contributed by atoms with E-state index in [9.17, 15) is 8.42 Å². The minimum atomic E-state index is -3.35. The topological polar surface area (TPSA) is 49.4 Å². The molecule has 4 nitrogen and oxygen atoms in total. The number of sulfonamides is 1. The monoisotopic (exact) mass is 304 g/mol. The summed E-state index contributed by atoms with van der Waals surface area (Å²) in [4.78, 5) is 0. The summed E-state index contributed by atoms with van der Waals surface area (Å²) in [7, 11) is -1.70. The molecule has 1 aromatic heterocycles. The molecule has 0 bridgehead atoms. The minimum Gasteiger partial charge on any atom is -0.310 e. The number of nitrogens with zero attached hydrogens (tertiary/aromatic N) is 1. The smallest absolute Gasteiger partial charge is 0.252 e. The number of thiophene rings is 1. The molecule has 0 aliphatic rings. The van der Waals surface area contributed by atoms with Gasteiger partial charge in [-0.15, -0.1) is 11.3 Å². The zero-order chi connectivity index (χ0) is 14.6. The second-order valence-electron chi connectivity index (χ2n) is 5.39. The van der Waals surface area contributed by atoms with Gasteiger partial charge < -0.3 is 5.32 Å². The summed E-state index contributed by atoms with van der Waals surface area (Å²) in [6.45, 7) is 8.83. The van der Waals surface area contributed by atoms with Crippen molar-refractivity contribution in [3.63, 3.8) is 0 Å². The van der Waals surface area contributed by atoms with Crippen molar-refractivity contribution in [2.24, 2.45) is 5.92 Å². The van der Waals surface area contributed by atoms with Crippen molar-refractivity contribution in [1.29, 1.82) is 0 Å². The van der Waals surface area contributed by atoms with Gasteiger partial charge in [-0.1, -0.05) is 33.8 Å². The predicted molar refractivity (Wildman–Crippen MR) is 81.0 cm³/mol. The Bertz CT molecular complexity index is 467. The Kier molecular flexibility index (Phi) is 5.98. The van der Waals surface area contributed by atoms with E-state index in [0.717, 1.165) is 0 Å². The van der Waals surface area contributed by atoms with E-state index in [1.807, 2.05) is 0 Å². The highest BCUT2D eigenvalue weighted by Crippen LogP contribution is 2.20. The van der Waals surface area contributed by atoms with Gasteiger partial charge in [-0.05, 0) is 17.4 Å². The Morgan fingerprint density at radius 3 is 2.37 bits per heavy atom. The summed E-state index contributed by atoms with van der Waals surface area (Å²) in [6, 6.07) is 3.90. The first kappa shape index (κ1) is 16.6. The highest BCUT2D eigenvalue weighted by molar-refractivity contribution is 7.91.